The first-order valence-corrected chi connectivity index (χ1v) is 0.494. The van der Waals surface area contributed by atoms with Crippen LogP contribution in [0.15, 0.2) is 0 Å². The van der Waals surface area contributed by atoms with Crippen LogP contribution in [0.25, 0.3) is 0 Å². The van der Waals surface area contributed by atoms with Crippen LogP contribution in [0.3, 0.4) is 0 Å². The molecule has 0 spiro atoms. The number of rotatable bonds is 0. The molecule has 0 heterocycles. The van der Waals surface area contributed by atoms with E-state index < -0.39 is 0 Å². The fourth-order valence-electron chi connectivity index (χ4n) is 0. The molecule has 0 aromatic carbocycles. The van der Waals surface area contributed by atoms with Crippen molar-refractivity contribution in [1.82, 2.24) is 0 Å². The SMILES string of the molecule is O=CO.[H+].[H+].[H+].[H+].[K+]. The molecule has 3 heteroatoms. The van der Waals surface area contributed by atoms with Crippen LogP contribution in [0, 0.1) is 0 Å². The van der Waals surface area contributed by atoms with E-state index in [1.807, 2.05) is 0 Å². The molecule has 0 aliphatic rings. The predicted octanol–water partition coefficient (Wildman–Crippen LogP) is -2.85. The average molecular weight is 89.2 g/mol. The molecule has 0 atom stereocenters. The van der Waals surface area contributed by atoms with E-state index in [0.717, 1.165) is 0 Å². The van der Waals surface area contributed by atoms with Crippen LogP contribution in [0.2, 0.25) is 0 Å². The molecule has 0 aromatic heterocycles. The third kappa shape index (κ3) is 11.3. The van der Waals surface area contributed by atoms with Gasteiger partial charge >= 0.3 is 57.1 Å². The Morgan fingerprint density at radius 2 is 2.00 bits per heavy atom. The molecule has 0 unspecified atom stereocenters. The third-order valence-electron chi connectivity index (χ3n) is 0. The van der Waals surface area contributed by atoms with E-state index in [2.05, 4.69) is 0 Å². The van der Waals surface area contributed by atoms with E-state index in [1.54, 1.807) is 0 Å². The molecule has 0 fully saturated rings. The molecule has 4 heavy (non-hydrogen) atoms. The van der Waals surface area contributed by atoms with E-state index in [4.69, 9.17) is 9.90 Å². The average Bonchev–Trinajstić information content (AvgIpc) is 0.918. The quantitative estimate of drug-likeness (QED) is 0.256. The zero-order chi connectivity index (χ0) is 2.71. The molecule has 18 valence electrons. The Balaban J connectivity index is -0.00000000200. The second kappa shape index (κ2) is 8.93. The second-order valence-electron chi connectivity index (χ2n) is 0.105. The minimum absolute atomic E-state index is 0. The van der Waals surface area contributed by atoms with Gasteiger partial charge in [0.05, 0.1) is 0 Å². The molecular weight excluding hydrogens is 83.1 g/mol. The van der Waals surface area contributed by atoms with Crippen molar-refractivity contribution in [3.05, 3.63) is 0 Å². The Labute approximate surface area is 72.6 Å². The normalized spacial score (nSPS) is 3.00. The Kier molecular flexibility index (Phi) is 19.9. The van der Waals surface area contributed by atoms with Gasteiger partial charge in [0.25, 0.3) is 6.47 Å². The number of carbonyl (C=O) groups is 1. The minimum atomic E-state index is -0.250. The Morgan fingerprint density at radius 1 is 2.00 bits per heavy atom. The fourth-order valence-corrected chi connectivity index (χ4v) is 0. The summed E-state index contributed by atoms with van der Waals surface area (Å²) in [6.45, 7) is -0.250. The molecule has 0 rings (SSSR count). The maximum atomic E-state index is 8.36. The van der Waals surface area contributed by atoms with Gasteiger partial charge < -0.3 is 5.11 Å². The van der Waals surface area contributed by atoms with Crippen molar-refractivity contribution in [2.45, 2.75) is 0 Å². The smallest absolute Gasteiger partial charge is 0.483 e. The van der Waals surface area contributed by atoms with Crippen molar-refractivity contribution in [3.63, 3.8) is 0 Å². The topological polar surface area (TPSA) is 37.3 Å². The first-order valence-electron chi connectivity index (χ1n) is 0.494. The molecule has 0 aliphatic carbocycles. The summed E-state index contributed by atoms with van der Waals surface area (Å²) >= 11 is 0. The molecule has 0 amide bonds. The zero-order valence-corrected chi connectivity index (χ0v) is 5.56. The van der Waals surface area contributed by atoms with Gasteiger partial charge in [-0.2, -0.15) is 0 Å². The zero-order valence-electron chi connectivity index (χ0n) is 6.43. The van der Waals surface area contributed by atoms with E-state index in [-0.39, 0.29) is 63.6 Å². The largest absolute Gasteiger partial charge is 1.00 e. The van der Waals surface area contributed by atoms with Gasteiger partial charge in [0.2, 0.25) is 0 Å². The van der Waals surface area contributed by atoms with Crippen LogP contribution in [-0.4, -0.2) is 11.6 Å². The summed E-state index contributed by atoms with van der Waals surface area (Å²) in [7, 11) is 0. The maximum Gasteiger partial charge on any atom is 1.00 e. The summed E-state index contributed by atoms with van der Waals surface area (Å²) in [4.78, 5) is 8.36. The fraction of sp³-hybridized carbons (Fsp3) is 0. The maximum absolute atomic E-state index is 8.36. The predicted molar refractivity (Wildman–Crippen MR) is 13.1 cm³/mol. The minimum Gasteiger partial charge on any atom is -0.483 e. The van der Waals surface area contributed by atoms with E-state index >= 15 is 0 Å². The summed E-state index contributed by atoms with van der Waals surface area (Å²) in [5, 5.41) is 6.89. The first kappa shape index (κ1) is 8.92. The van der Waals surface area contributed by atoms with Gasteiger partial charge in [-0.3, -0.25) is 4.79 Å². The standard InChI is InChI=1S/CH2O2.K/c2-1-3;/h1H,(H,2,3);/q;+1/p+4. The second-order valence-corrected chi connectivity index (χ2v) is 0.105. The molecule has 0 bridgehead atoms. The summed E-state index contributed by atoms with van der Waals surface area (Å²) in [6, 6.07) is 0. The van der Waals surface area contributed by atoms with Crippen LogP contribution in [0.1, 0.15) is 5.71 Å². The monoisotopic (exact) mass is 89.0 g/mol. The van der Waals surface area contributed by atoms with Gasteiger partial charge in [0, 0.05) is 0 Å². The molecule has 0 saturated carbocycles. The summed E-state index contributed by atoms with van der Waals surface area (Å²) in [5.41, 5.74) is 0. The van der Waals surface area contributed by atoms with Gasteiger partial charge in [-0.05, 0) is 0 Å². The first-order chi connectivity index (χ1) is 1.41. The van der Waals surface area contributed by atoms with E-state index in [1.165, 1.54) is 0 Å². The van der Waals surface area contributed by atoms with Gasteiger partial charge in [0.1, 0.15) is 0 Å². The van der Waals surface area contributed by atoms with Gasteiger partial charge in [-0.25, -0.2) is 0 Å². The third-order valence-corrected chi connectivity index (χ3v) is 0. The Bertz CT molecular complexity index is 21.5. The van der Waals surface area contributed by atoms with Crippen molar-refractivity contribution >= 4 is 6.47 Å². The molecule has 1 N–H and O–H groups in total. The number of carboxylic acid groups (broad SMARTS) is 1. The van der Waals surface area contributed by atoms with Crippen LogP contribution >= 0.6 is 0 Å². The molecule has 0 saturated heterocycles. The molecule has 2 nitrogen and oxygen atoms in total. The van der Waals surface area contributed by atoms with E-state index in [9.17, 15) is 0 Å². The summed E-state index contributed by atoms with van der Waals surface area (Å²) < 4.78 is 0. The summed E-state index contributed by atoms with van der Waals surface area (Å²) in [5.74, 6) is 0. The molecule has 0 aromatic rings. The molecule has 0 aliphatic heterocycles. The van der Waals surface area contributed by atoms with Gasteiger partial charge in [0.15, 0.2) is 0 Å². The van der Waals surface area contributed by atoms with Gasteiger partial charge in [-0.1, -0.05) is 0 Å². The van der Waals surface area contributed by atoms with Crippen LogP contribution in [0.5, 0.6) is 0 Å². The van der Waals surface area contributed by atoms with Crippen molar-refractivity contribution in [3.8, 4) is 0 Å². The van der Waals surface area contributed by atoms with Crippen LogP contribution in [-0.2, 0) is 4.79 Å². The molecular formula is CH6KO2+5. The van der Waals surface area contributed by atoms with Crippen molar-refractivity contribution < 1.29 is 67.0 Å². The van der Waals surface area contributed by atoms with Gasteiger partial charge in [-0.15, -0.1) is 0 Å². The number of hydrogen-bond donors (Lipinski definition) is 1. The summed E-state index contributed by atoms with van der Waals surface area (Å²) in [6.07, 6.45) is 0. The van der Waals surface area contributed by atoms with Crippen molar-refractivity contribution in [2.75, 3.05) is 0 Å². The van der Waals surface area contributed by atoms with Crippen molar-refractivity contribution in [1.29, 1.82) is 0 Å². The van der Waals surface area contributed by atoms with Crippen LogP contribution in [0.4, 0.5) is 0 Å². The Hall–Kier alpha value is 1.11. The molecule has 0 radical (unpaired) electrons. The number of hydrogen-bond acceptors (Lipinski definition) is 1. The van der Waals surface area contributed by atoms with Crippen LogP contribution < -0.4 is 51.4 Å². The van der Waals surface area contributed by atoms with E-state index in [0.29, 0.717) is 0 Å². The Morgan fingerprint density at radius 3 is 2.00 bits per heavy atom. The van der Waals surface area contributed by atoms with Crippen molar-refractivity contribution in [2.24, 2.45) is 0 Å².